The summed E-state index contributed by atoms with van der Waals surface area (Å²) in [5.41, 5.74) is 1.53. The van der Waals surface area contributed by atoms with Gasteiger partial charge in [-0.2, -0.15) is 0 Å². The van der Waals surface area contributed by atoms with Crippen molar-refractivity contribution in [1.82, 2.24) is 19.8 Å². The minimum atomic E-state index is -0.424. The zero-order valence-corrected chi connectivity index (χ0v) is 20.6. The Morgan fingerprint density at radius 3 is 2.54 bits per heavy atom. The van der Waals surface area contributed by atoms with Crippen LogP contribution in [0.3, 0.4) is 0 Å². The Balaban J connectivity index is 1.28. The number of nitrogens with zero attached hydrogens (tertiary/aromatic N) is 2. The largest absolute Gasteiger partial charge is 0.351 e. The highest BCUT2D eigenvalue weighted by Crippen LogP contribution is 2.21. The van der Waals surface area contributed by atoms with Crippen molar-refractivity contribution < 1.29 is 4.79 Å². The first-order chi connectivity index (χ1) is 17.0. The van der Waals surface area contributed by atoms with Crippen molar-refractivity contribution >= 4 is 16.8 Å². The number of carbonyl (C=O) groups excluding carboxylic acids is 1. The van der Waals surface area contributed by atoms with Gasteiger partial charge in [-0.25, -0.2) is 4.79 Å². The first kappa shape index (κ1) is 24.9. The van der Waals surface area contributed by atoms with Gasteiger partial charge in [0.1, 0.15) is 0 Å². The summed E-state index contributed by atoms with van der Waals surface area (Å²) in [6.07, 6.45) is 6.27. The number of likely N-dealkylation sites (tertiary alicyclic amines) is 1. The number of amides is 1. The monoisotopic (exact) mass is 476 g/mol. The van der Waals surface area contributed by atoms with E-state index in [-0.39, 0.29) is 11.5 Å². The predicted molar refractivity (Wildman–Crippen MR) is 140 cm³/mol. The van der Waals surface area contributed by atoms with Gasteiger partial charge in [-0.1, -0.05) is 50.1 Å². The molecule has 1 amide bonds. The van der Waals surface area contributed by atoms with E-state index in [1.54, 1.807) is 18.2 Å². The van der Waals surface area contributed by atoms with Gasteiger partial charge in [0.2, 0.25) is 0 Å². The Morgan fingerprint density at radius 1 is 1.03 bits per heavy atom. The van der Waals surface area contributed by atoms with Gasteiger partial charge in [-0.3, -0.25) is 14.2 Å². The van der Waals surface area contributed by atoms with E-state index in [0.717, 1.165) is 51.2 Å². The minimum Gasteiger partial charge on any atom is -0.351 e. The fourth-order valence-corrected chi connectivity index (χ4v) is 4.91. The summed E-state index contributed by atoms with van der Waals surface area (Å²) in [5.74, 6) is 0.526. The molecule has 7 heteroatoms. The van der Waals surface area contributed by atoms with Gasteiger partial charge >= 0.3 is 5.69 Å². The highest BCUT2D eigenvalue weighted by Gasteiger charge is 2.19. The zero-order chi connectivity index (χ0) is 24.6. The number of H-pyrrole nitrogens is 1. The standard InChI is InChI=1S/C28H36N4O3/c1-2-3-7-15-32-27(34)24-11-10-23(20-25(24)30-28(32)35)26(33)29-14-18-31-16-12-22(13-17-31)19-21-8-5-4-6-9-21/h4-6,8-11,20,22H,2-3,7,12-19H2,1H3,(H,29,33)(H,30,35). The van der Waals surface area contributed by atoms with Crippen LogP contribution in [0.15, 0.2) is 58.1 Å². The number of carbonyl (C=O) groups is 1. The average Bonchev–Trinajstić information content (AvgIpc) is 2.87. The molecule has 7 nitrogen and oxygen atoms in total. The molecule has 1 aliphatic rings. The van der Waals surface area contributed by atoms with Crippen LogP contribution in [-0.4, -0.2) is 46.5 Å². The Bertz CT molecular complexity index is 1240. The topological polar surface area (TPSA) is 87.2 Å². The molecule has 35 heavy (non-hydrogen) atoms. The summed E-state index contributed by atoms with van der Waals surface area (Å²) in [7, 11) is 0. The number of benzene rings is 2. The van der Waals surface area contributed by atoms with Crippen molar-refractivity contribution in [2.24, 2.45) is 5.92 Å². The number of nitrogens with one attached hydrogen (secondary N) is 2. The molecular formula is C28H36N4O3. The van der Waals surface area contributed by atoms with E-state index >= 15 is 0 Å². The van der Waals surface area contributed by atoms with Crippen molar-refractivity contribution in [1.29, 1.82) is 0 Å². The molecule has 1 aromatic heterocycles. The van der Waals surface area contributed by atoms with E-state index in [9.17, 15) is 14.4 Å². The van der Waals surface area contributed by atoms with Crippen LogP contribution in [0.4, 0.5) is 0 Å². The third-order valence-electron chi connectivity index (χ3n) is 7.02. The molecule has 1 aliphatic heterocycles. The van der Waals surface area contributed by atoms with Crippen molar-refractivity contribution in [3.05, 3.63) is 80.5 Å². The van der Waals surface area contributed by atoms with Gasteiger partial charge in [0, 0.05) is 25.2 Å². The van der Waals surface area contributed by atoms with Crippen LogP contribution in [0.25, 0.3) is 10.9 Å². The Kier molecular flexibility index (Phi) is 8.53. The van der Waals surface area contributed by atoms with Gasteiger partial charge in [0.15, 0.2) is 0 Å². The second-order valence-corrected chi connectivity index (χ2v) is 9.59. The molecule has 2 heterocycles. The number of rotatable bonds is 10. The van der Waals surface area contributed by atoms with E-state index in [1.807, 2.05) is 0 Å². The minimum absolute atomic E-state index is 0.196. The molecule has 0 bridgehead atoms. The maximum absolute atomic E-state index is 12.7. The smallest absolute Gasteiger partial charge is 0.328 e. The SMILES string of the molecule is CCCCCn1c(=O)[nH]c2cc(C(=O)NCCN3CCC(Cc4ccccc4)CC3)ccc2c1=O. The summed E-state index contributed by atoms with van der Waals surface area (Å²) in [6, 6.07) is 15.6. The molecule has 0 atom stereocenters. The number of piperidine rings is 1. The molecule has 0 unspecified atom stereocenters. The Labute approximate surface area is 206 Å². The second-order valence-electron chi connectivity index (χ2n) is 9.59. The van der Waals surface area contributed by atoms with Gasteiger partial charge in [-0.05, 0) is 68.5 Å². The molecule has 2 N–H and O–H groups in total. The molecule has 4 rings (SSSR count). The number of fused-ring (bicyclic) bond motifs is 1. The number of hydrogen-bond acceptors (Lipinski definition) is 4. The van der Waals surface area contributed by atoms with Crippen LogP contribution in [0.1, 0.15) is 54.9 Å². The van der Waals surface area contributed by atoms with Crippen LogP contribution in [-0.2, 0) is 13.0 Å². The molecule has 1 fully saturated rings. The average molecular weight is 477 g/mol. The van der Waals surface area contributed by atoms with Gasteiger partial charge in [-0.15, -0.1) is 0 Å². The van der Waals surface area contributed by atoms with Crippen LogP contribution in [0.5, 0.6) is 0 Å². The second kappa shape index (κ2) is 12.0. The van der Waals surface area contributed by atoms with Gasteiger partial charge in [0.05, 0.1) is 10.9 Å². The normalized spacial score (nSPS) is 14.9. The summed E-state index contributed by atoms with van der Waals surface area (Å²) in [4.78, 5) is 43.0. The van der Waals surface area contributed by atoms with Crippen LogP contribution < -0.4 is 16.6 Å². The number of aromatic nitrogens is 2. The van der Waals surface area contributed by atoms with E-state index in [0.29, 0.717) is 29.6 Å². The summed E-state index contributed by atoms with van der Waals surface area (Å²) in [6.45, 7) is 5.97. The fourth-order valence-electron chi connectivity index (χ4n) is 4.91. The first-order valence-corrected chi connectivity index (χ1v) is 12.9. The molecular weight excluding hydrogens is 440 g/mol. The molecule has 0 saturated carbocycles. The quantitative estimate of drug-likeness (QED) is 0.438. The lowest BCUT2D eigenvalue weighted by Gasteiger charge is -2.32. The van der Waals surface area contributed by atoms with Crippen molar-refractivity contribution in [3.8, 4) is 0 Å². The first-order valence-electron chi connectivity index (χ1n) is 12.9. The van der Waals surface area contributed by atoms with Crippen LogP contribution in [0.2, 0.25) is 0 Å². The summed E-state index contributed by atoms with van der Waals surface area (Å²) >= 11 is 0. The Hall–Kier alpha value is -3.19. The summed E-state index contributed by atoms with van der Waals surface area (Å²) < 4.78 is 1.25. The third-order valence-corrected chi connectivity index (χ3v) is 7.02. The van der Waals surface area contributed by atoms with Crippen LogP contribution >= 0.6 is 0 Å². The molecule has 0 aliphatic carbocycles. The lowest BCUT2D eigenvalue weighted by molar-refractivity contribution is 0.0944. The highest BCUT2D eigenvalue weighted by molar-refractivity contribution is 5.97. The molecule has 2 aromatic carbocycles. The maximum atomic E-state index is 12.7. The number of unbranched alkanes of at least 4 members (excludes halogenated alkanes) is 2. The van der Waals surface area contributed by atoms with Crippen molar-refractivity contribution in [2.45, 2.75) is 52.0 Å². The molecule has 1 saturated heterocycles. The lowest BCUT2D eigenvalue weighted by atomic mass is 9.90. The van der Waals surface area contributed by atoms with Crippen molar-refractivity contribution in [3.63, 3.8) is 0 Å². The summed E-state index contributed by atoms with van der Waals surface area (Å²) in [5, 5.41) is 3.41. The number of aromatic amines is 1. The van der Waals surface area contributed by atoms with E-state index in [4.69, 9.17) is 0 Å². The van der Waals surface area contributed by atoms with Crippen molar-refractivity contribution in [2.75, 3.05) is 26.2 Å². The lowest BCUT2D eigenvalue weighted by Crippen LogP contribution is -2.40. The highest BCUT2D eigenvalue weighted by atomic mass is 16.2. The Morgan fingerprint density at radius 2 is 1.80 bits per heavy atom. The van der Waals surface area contributed by atoms with E-state index in [1.165, 1.54) is 23.0 Å². The fraction of sp³-hybridized carbons (Fsp3) is 0.464. The third kappa shape index (κ3) is 6.48. The zero-order valence-electron chi connectivity index (χ0n) is 20.6. The molecule has 0 radical (unpaired) electrons. The van der Waals surface area contributed by atoms with Gasteiger partial charge < -0.3 is 15.2 Å². The maximum Gasteiger partial charge on any atom is 0.328 e. The van der Waals surface area contributed by atoms with Gasteiger partial charge in [0.25, 0.3) is 11.5 Å². The van der Waals surface area contributed by atoms with E-state index < -0.39 is 5.69 Å². The van der Waals surface area contributed by atoms with Crippen LogP contribution in [0, 0.1) is 5.92 Å². The molecule has 0 spiro atoms. The predicted octanol–water partition coefficient (Wildman–Crippen LogP) is 3.56. The van der Waals surface area contributed by atoms with E-state index in [2.05, 4.69) is 52.5 Å². The molecule has 186 valence electrons. The number of hydrogen-bond donors (Lipinski definition) is 2. The molecule has 3 aromatic rings.